The molecule has 2 fully saturated rings. The van der Waals surface area contributed by atoms with E-state index in [-0.39, 0.29) is 22.7 Å². The number of carbonyl (C=O) groups is 2. The molecule has 2 heteroatoms. The van der Waals surface area contributed by atoms with Crippen LogP contribution in [0.15, 0.2) is 11.6 Å². The molecule has 104 valence electrons. The van der Waals surface area contributed by atoms with Crippen LogP contribution in [-0.2, 0) is 9.59 Å². The highest BCUT2D eigenvalue weighted by Crippen LogP contribution is 2.69. The number of carbonyl (C=O) groups excluding carboxylic acids is 2. The van der Waals surface area contributed by atoms with Gasteiger partial charge in [-0.3, -0.25) is 9.59 Å². The van der Waals surface area contributed by atoms with Crippen LogP contribution < -0.4 is 0 Å². The van der Waals surface area contributed by atoms with Gasteiger partial charge in [0, 0.05) is 29.6 Å². The average molecular weight is 260 g/mol. The van der Waals surface area contributed by atoms with E-state index < -0.39 is 0 Å². The molecule has 2 saturated carbocycles. The van der Waals surface area contributed by atoms with Crippen molar-refractivity contribution in [2.24, 2.45) is 22.7 Å². The molecule has 19 heavy (non-hydrogen) atoms. The predicted molar refractivity (Wildman–Crippen MR) is 74.7 cm³/mol. The number of hydrogen-bond donors (Lipinski definition) is 0. The van der Waals surface area contributed by atoms with E-state index in [1.807, 2.05) is 0 Å². The lowest BCUT2D eigenvalue weighted by molar-refractivity contribution is -0.130. The summed E-state index contributed by atoms with van der Waals surface area (Å²) >= 11 is 0. The Morgan fingerprint density at radius 2 is 2.05 bits per heavy atom. The van der Waals surface area contributed by atoms with E-state index >= 15 is 0 Å². The molecule has 0 heterocycles. The summed E-state index contributed by atoms with van der Waals surface area (Å²) in [6.45, 7) is 6.38. The van der Waals surface area contributed by atoms with Gasteiger partial charge in [0.05, 0.1) is 0 Å². The Hall–Kier alpha value is -0.920. The molecule has 3 rings (SSSR count). The van der Waals surface area contributed by atoms with E-state index in [2.05, 4.69) is 26.8 Å². The molecule has 1 spiro atoms. The number of Topliss-reactive ketones (excluding diaryl/α,β-unsaturated/α-hetero) is 2. The van der Waals surface area contributed by atoms with Gasteiger partial charge in [0.25, 0.3) is 0 Å². The van der Waals surface area contributed by atoms with Crippen molar-refractivity contribution in [3.63, 3.8) is 0 Å². The third-order valence-electron chi connectivity index (χ3n) is 6.20. The fraction of sp³-hybridized carbons (Fsp3) is 0.765. The monoisotopic (exact) mass is 260 g/mol. The van der Waals surface area contributed by atoms with Crippen molar-refractivity contribution in [3.8, 4) is 0 Å². The van der Waals surface area contributed by atoms with Crippen molar-refractivity contribution in [1.82, 2.24) is 0 Å². The van der Waals surface area contributed by atoms with Gasteiger partial charge in [0.2, 0.25) is 0 Å². The van der Waals surface area contributed by atoms with Crippen molar-refractivity contribution in [2.45, 2.75) is 59.3 Å². The fourth-order valence-electron chi connectivity index (χ4n) is 5.13. The number of rotatable bonds is 3. The minimum atomic E-state index is -0.285. The van der Waals surface area contributed by atoms with Crippen molar-refractivity contribution in [2.75, 3.05) is 0 Å². The van der Waals surface area contributed by atoms with Gasteiger partial charge in [0.15, 0.2) is 0 Å². The average Bonchev–Trinajstić information content (AvgIpc) is 2.86. The highest BCUT2D eigenvalue weighted by Gasteiger charge is 2.69. The third-order valence-corrected chi connectivity index (χ3v) is 6.20. The van der Waals surface area contributed by atoms with Crippen LogP contribution in [0.3, 0.4) is 0 Å². The normalized spacial score (nSPS) is 44.5. The van der Waals surface area contributed by atoms with Crippen LogP contribution in [0.5, 0.6) is 0 Å². The molecule has 0 aromatic heterocycles. The molecule has 0 saturated heterocycles. The molecule has 2 nitrogen and oxygen atoms in total. The zero-order valence-electron chi connectivity index (χ0n) is 12.3. The van der Waals surface area contributed by atoms with Crippen LogP contribution in [0.25, 0.3) is 0 Å². The lowest BCUT2D eigenvalue weighted by atomic mass is 9.62. The van der Waals surface area contributed by atoms with Crippen molar-refractivity contribution in [1.29, 1.82) is 0 Å². The van der Waals surface area contributed by atoms with E-state index in [1.165, 1.54) is 18.4 Å². The van der Waals surface area contributed by atoms with Crippen LogP contribution >= 0.6 is 0 Å². The Balaban J connectivity index is 2.02. The number of unbranched alkanes of at least 4 members (excludes halogenated alkanes) is 1. The Morgan fingerprint density at radius 3 is 2.74 bits per heavy atom. The van der Waals surface area contributed by atoms with E-state index in [1.54, 1.807) is 0 Å². The first-order valence-corrected chi connectivity index (χ1v) is 7.72. The summed E-state index contributed by atoms with van der Waals surface area (Å²) < 4.78 is 0. The molecule has 0 aromatic carbocycles. The fourth-order valence-corrected chi connectivity index (χ4v) is 5.13. The van der Waals surface area contributed by atoms with Crippen molar-refractivity contribution in [3.05, 3.63) is 11.6 Å². The molecule has 0 amide bonds. The Morgan fingerprint density at radius 1 is 1.32 bits per heavy atom. The van der Waals surface area contributed by atoms with E-state index in [0.29, 0.717) is 24.4 Å². The van der Waals surface area contributed by atoms with Crippen LogP contribution in [0.4, 0.5) is 0 Å². The maximum Gasteiger partial charge on any atom is 0.140 e. The quantitative estimate of drug-likeness (QED) is 0.725. The summed E-state index contributed by atoms with van der Waals surface area (Å²) in [5.41, 5.74) is 1.01. The van der Waals surface area contributed by atoms with Gasteiger partial charge in [-0.15, -0.1) is 0 Å². The van der Waals surface area contributed by atoms with Crippen LogP contribution in [0, 0.1) is 22.7 Å². The molecule has 0 N–H and O–H groups in total. The SMILES string of the molecule is CCCCC1=C[C@]23[C@H](CC(=O)[C@H]2C)CC(=O)[C@@]3(C)C1. The first kappa shape index (κ1) is 13.1. The van der Waals surface area contributed by atoms with Crippen molar-refractivity contribution >= 4 is 11.6 Å². The first-order chi connectivity index (χ1) is 8.95. The molecule has 3 aliphatic rings. The van der Waals surface area contributed by atoms with Crippen LogP contribution in [-0.4, -0.2) is 11.6 Å². The molecule has 0 bridgehead atoms. The van der Waals surface area contributed by atoms with Gasteiger partial charge in [-0.25, -0.2) is 0 Å². The number of ketones is 2. The van der Waals surface area contributed by atoms with Crippen LogP contribution in [0.2, 0.25) is 0 Å². The van der Waals surface area contributed by atoms with Gasteiger partial charge in [-0.05, 0) is 25.2 Å². The van der Waals surface area contributed by atoms with Gasteiger partial charge in [-0.1, -0.05) is 38.8 Å². The molecular weight excluding hydrogens is 236 g/mol. The van der Waals surface area contributed by atoms with E-state index in [4.69, 9.17) is 0 Å². The summed E-state index contributed by atoms with van der Waals surface area (Å²) in [5.74, 6) is 1.09. The summed E-state index contributed by atoms with van der Waals surface area (Å²) in [5, 5.41) is 0. The highest BCUT2D eigenvalue weighted by atomic mass is 16.1. The van der Waals surface area contributed by atoms with Gasteiger partial charge in [-0.2, -0.15) is 0 Å². The largest absolute Gasteiger partial charge is 0.299 e. The molecular formula is C17H24O2. The second kappa shape index (κ2) is 4.04. The lowest BCUT2D eigenvalue weighted by Crippen LogP contribution is -2.40. The van der Waals surface area contributed by atoms with E-state index in [9.17, 15) is 9.59 Å². The lowest BCUT2D eigenvalue weighted by Gasteiger charge is -2.39. The Bertz CT molecular complexity index is 476. The molecule has 4 atom stereocenters. The standard InChI is InChI=1S/C17H24O2/c1-4-5-6-12-9-16(3)15(19)8-13-7-14(18)11(2)17(13,16)10-12/h10-11,13H,4-9H2,1-3H3/t11-,13-,16-,17-/m1/s1. The van der Waals surface area contributed by atoms with Crippen molar-refractivity contribution < 1.29 is 9.59 Å². The molecule has 0 aliphatic heterocycles. The first-order valence-electron chi connectivity index (χ1n) is 7.72. The molecule has 0 unspecified atom stereocenters. The number of hydrogen-bond acceptors (Lipinski definition) is 2. The molecule has 0 aromatic rings. The minimum absolute atomic E-state index is 0.0353. The molecule has 3 aliphatic carbocycles. The van der Waals surface area contributed by atoms with E-state index in [0.717, 1.165) is 12.8 Å². The number of allylic oxidation sites excluding steroid dienone is 2. The van der Waals surface area contributed by atoms with Crippen LogP contribution in [0.1, 0.15) is 59.3 Å². The van der Waals surface area contributed by atoms with Gasteiger partial charge >= 0.3 is 0 Å². The maximum absolute atomic E-state index is 12.5. The minimum Gasteiger partial charge on any atom is -0.299 e. The summed E-state index contributed by atoms with van der Waals surface area (Å²) in [6, 6.07) is 0. The summed E-state index contributed by atoms with van der Waals surface area (Å²) in [6.07, 6.45) is 8.01. The molecule has 0 radical (unpaired) electrons. The topological polar surface area (TPSA) is 34.1 Å². The smallest absolute Gasteiger partial charge is 0.140 e. The predicted octanol–water partition coefficient (Wildman–Crippen LogP) is 3.70. The second-order valence-corrected chi connectivity index (χ2v) is 7.06. The zero-order valence-corrected chi connectivity index (χ0v) is 12.3. The Kier molecular flexibility index (Phi) is 2.78. The van der Waals surface area contributed by atoms with Gasteiger partial charge in [0.1, 0.15) is 11.6 Å². The highest BCUT2D eigenvalue weighted by molar-refractivity contribution is 5.96. The maximum atomic E-state index is 12.5. The Labute approximate surface area is 115 Å². The zero-order chi connectivity index (χ0) is 13.8. The summed E-state index contributed by atoms with van der Waals surface area (Å²) in [4.78, 5) is 24.7. The second-order valence-electron chi connectivity index (χ2n) is 7.06. The third kappa shape index (κ3) is 1.43. The summed E-state index contributed by atoms with van der Waals surface area (Å²) in [7, 11) is 0. The van der Waals surface area contributed by atoms with Gasteiger partial charge < -0.3 is 0 Å².